The molecule has 1 aromatic rings. The second kappa shape index (κ2) is 9.48. The van der Waals surface area contributed by atoms with E-state index in [9.17, 15) is 29.6 Å². The molecule has 3 atom stereocenters. The molecule has 0 bridgehead atoms. The highest BCUT2D eigenvalue weighted by atomic mass is 32.2. The number of nitro benzene ring substituents is 1. The van der Waals surface area contributed by atoms with Crippen molar-refractivity contribution < 1.29 is 29.2 Å². The molecular weight excluding hydrogens is 426 g/mol. The molecule has 2 aliphatic heterocycles. The number of hydrogen-bond donors (Lipinski definition) is 2. The summed E-state index contributed by atoms with van der Waals surface area (Å²) in [6, 6.07) is 5.35. The van der Waals surface area contributed by atoms with Crippen LogP contribution >= 0.6 is 11.8 Å². The Bertz CT molecular complexity index is 929. The van der Waals surface area contributed by atoms with Crippen molar-refractivity contribution >= 4 is 35.2 Å². The van der Waals surface area contributed by atoms with Crippen LogP contribution in [-0.4, -0.2) is 57.2 Å². The number of amides is 2. The lowest BCUT2D eigenvalue weighted by Gasteiger charge is -2.44. The number of nitrogens with zero attached hydrogens (tertiary/aromatic N) is 2. The van der Waals surface area contributed by atoms with Gasteiger partial charge in [0.1, 0.15) is 12.3 Å². The molecule has 31 heavy (non-hydrogen) atoms. The fraction of sp³-hybridized carbons (Fsp3) is 0.450. The maximum absolute atomic E-state index is 12.8. The van der Waals surface area contributed by atoms with Crippen LogP contribution in [0.15, 0.2) is 34.9 Å². The minimum absolute atomic E-state index is 0.0652. The molecular formula is C20H23N3O7S. The second-order valence-corrected chi connectivity index (χ2v) is 8.54. The number of carbonyl (C=O) groups is 3. The molecule has 1 aromatic carbocycles. The highest BCUT2D eigenvalue weighted by molar-refractivity contribution is 8.03. The van der Waals surface area contributed by atoms with Crippen molar-refractivity contribution in [3.63, 3.8) is 0 Å². The summed E-state index contributed by atoms with van der Waals surface area (Å²) < 4.78 is 5.38. The molecule has 1 fully saturated rings. The van der Waals surface area contributed by atoms with E-state index in [1.165, 1.54) is 47.9 Å². The van der Waals surface area contributed by atoms with Crippen molar-refractivity contribution in [3.05, 3.63) is 50.5 Å². The van der Waals surface area contributed by atoms with Gasteiger partial charge in [0.15, 0.2) is 0 Å². The Hall–Kier alpha value is -2.92. The van der Waals surface area contributed by atoms with Gasteiger partial charge in [-0.3, -0.25) is 19.7 Å². The summed E-state index contributed by atoms with van der Waals surface area (Å²) in [5.41, 5.74) is 0.678. The SMILES string of the molecule is CC(=O)NCCSC1=C(C(=O)OCc2ccc([N+](=O)[O-])cc2)N2C(=O)[C@H]([C@@H](C)O)[C@H]2C1. The molecule has 0 aromatic heterocycles. The maximum Gasteiger partial charge on any atom is 0.356 e. The van der Waals surface area contributed by atoms with Crippen molar-refractivity contribution in [2.24, 2.45) is 5.92 Å². The van der Waals surface area contributed by atoms with Gasteiger partial charge in [-0.05, 0) is 24.6 Å². The lowest BCUT2D eigenvalue weighted by Crippen LogP contribution is -2.61. The summed E-state index contributed by atoms with van der Waals surface area (Å²) in [4.78, 5) is 48.7. The van der Waals surface area contributed by atoms with Crippen LogP contribution in [0.2, 0.25) is 0 Å². The van der Waals surface area contributed by atoms with Crippen molar-refractivity contribution in [2.45, 2.75) is 39.0 Å². The van der Waals surface area contributed by atoms with E-state index in [1.54, 1.807) is 6.92 Å². The Labute approximate surface area is 182 Å². The normalized spacial score (nSPS) is 20.7. The first-order valence-corrected chi connectivity index (χ1v) is 10.7. The van der Waals surface area contributed by atoms with Crippen LogP contribution in [0.1, 0.15) is 25.8 Å². The summed E-state index contributed by atoms with van der Waals surface area (Å²) in [6.45, 7) is 3.27. The minimum Gasteiger partial charge on any atom is -0.456 e. The number of benzene rings is 1. The number of aliphatic hydroxyl groups is 1. The quantitative estimate of drug-likeness (QED) is 0.189. The van der Waals surface area contributed by atoms with Gasteiger partial charge in [-0.2, -0.15) is 0 Å². The highest BCUT2D eigenvalue weighted by Gasteiger charge is 2.56. The van der Waals surface area contributed by atoms with Crippen molar-refractivity contribution in [1.29, 1.82) is 0 Å². The largest absolute Gasteiger partial charge is 0.456 e. The van der Waals surface area contributed by atoms with Gasteiger partial charge in [0, 0.05) is 42.7 Å². The second-order valence-electron chi connectivity index (χ2n) is 7.35. The third kappa shape index (κ3) is 4.88. The Balaban J connectivity index is 1.70. The molecule has 2 amide bonds. The number of β-lactam (4-membered cyclic amide) rings is 1. The van der Waals surface area contributed by atoms with Crippen LogP contribution in [0.3, 0.4) is 0 Å². The number of rotatable bonds is 9. The molecule has 3 rings (SSSR count). The zero-order valence-corrected chi connectivity index (χ0v) is 17.9. The molecule has 0 spiro atoms. The fourth-order valence-electron chi connectivity index (χ4n) is 3.68. The van der Waals surface area contributed by atoms with E-state index in [0.717, 1.165) is 0 Å². The van der Waals surface area contributed by atoms with Crippen molar-refractivity contribution in [2.75, 3.05) is 12.3 Å². The molecule has 0 radical (unpaired) electrons. The van der Waals surface area contributed by atoms with Crippen LogP contribution < -0.4 is 5.32 Å². The highest BCUT2D eigenvalue weighted by Crippen LogP contribution is 2.47. The number of non-ortho nitro benzene ring substituents is 1. The van der Waals surface area contributed by atoms with Gasteiger partial charge >= 0.3 is 5.97 Å². The standard InChI is InChI=1S/C20H23N3O7S/c1-11(24)17-15-9-16(31-8-7-21-12(2)25)18(22(15)19(17)26)20(27)30-10-13-3-5-14(6-4-13)23(28)29/h3-6,11,15,17,24H,7-10H2,1-2H3,(H,21,25)/t11-,15-,17-/m1/s1. The summed E-state index contributed by atoms with van der Waals surface area (Å²) in [7, 11) is 0. The van der Waals surface area contributed by atoms with Gasteiger partial charge in [0.25, 0.3) is 5.69 Å². The zero-order chi connectivity index (χ0) is 22.7. The smallest absolute Gasteiger partial charge is 0.356 e. The number of nitro groups is 1. The first-order chi connectivity index (χ1) is 14.7. The van der Waals surface area contributed by atoms with Gasteiger partial charge in [-0.15, -0.1) is 11.8 Å². The topological polar surface area (TPSA) is 139 Å². The first kappa shape index (κ1) is 22.8. The van der Waals surface area contributed by atoms with Crippen LogP contribution in [0.5, 0.6) is 0 Å². The molecule has 2 heterocycles. The van der Waals surface area contributed by atoms with Crippen LogP contribution in [0.4, 0.5) is 5.69 Å². The number of carbonyl (C=O) groups excluding carboxylic acids is 3. The third-order valence-corrected chi connectivity index (χ3v) is 6.27. The van der Waals surface area contributed by atoms with E-state index < -0.39 is 22.9 Å². The van der Waals surface area contributed by atoms with E-state index in [2.05, 4.69) is 5.32 Å². The molecule has 2 aliphatic rings. The number of hydrogen-bond acceptors (Lipinski definition) is 8. The Morgan fingerprint density at radius 2 is 2.06 bits per heavy atom. The van der Waals surface area contributed by atoms with E-state index in [4.69, 9.17) is 4.74 Å². The molecule has 1 saturated heterocycles. The molecule has 0 unspecified atom stereocenters. The maximum atomic E-state index is 12.8. The summed E-state index contributed by atoms with van der Waals surface area (Å²) >= 11 is 1.37. The average molecular weight is 449 g/mol. The number of ether oxygens (including phenoxy) is 1. The van der Waals surface area contributed by atoms with Gasteiger partial charge in [-0.25, -0.2) is 4.79 Å². The average Bonchev–Trinajstić information content (AvgIpc) is 3.03. The molecule has 166 valence electrons. The Kier molecular flexibility index (Phi) is 6.96. The fourth-order valence-corrected chi connectivity index (χ4v) is 4.74. The summed E-state index contributed by atoms with van der Waals surface area (Å²) in [5.74, 6) is -1.19. The van der Waals surface area contributed by atoms with Gasteiger partial charge in [-0.1, -0.05) is 0 Å². The predicted octanol–water partition coefficient (Wildman–Crippen LogP) is 1.33. The van der Waals surface area contributed by atoms with Gasteiger partial charge in [0.2, 0.25) is 11.8 Å². The van der Waals surface area contributed by atoms with E-state index >= 15 is 0 Å². The van der Waals surface area contributed by atoms with Crippen molar-refractivity contribution in [1.82, 2.24) is 10.2 Å². The monoisotopic (exact) mass is 449 g/mol. The van der Waals surface area contributed by atoms with Crippen LogP contribution in [0, 0.1) is 16.0 Å². The zero-order valence-electron chi connectivity index (χ0n) is 17.1. The number of esters is 1. The summed E-state index contributed by atoms with van der Waals surface area (Å²) in [5, 5.41) is 23.3. The number of nitrogens with one attached hydrogen (secondary N) is 1. The van der Waals surface area contributed by atoms with E-state index in [0.29, 0.717) is 29.2 Å². The van der Waals surface area contributed by atoms with Gasteiger partial charge in [0.05, 0.1) is 23.0 Å². The predicted molar refractivity (Wildman–Crippen MR) is 111 cm³/mol. The molecule has 0 aliphatic carbocycles. The number of fused-ring (bicyclic) bond motifs is 1. The first-order valence-electron chi connectivity index (χ1n) is 9.72. The molecule has 2 N–H and O–H groups in total. The Morgan fingerprint density at radius 3 is 2.65 bits per heavy atom. The van der Waals surface area contributed by atoms with E-state index in [-0.39, 0.29) is 35.8 Å². The molecule has 0 saturated carbocycles. The van der Waals surface area contributed by atoms with E-state index in [1.807, 2.05) is 0 Å². The molecule has 11 heteroatoms. The van der Waals surface area contributed by atoms with Gasteiger partial charge < -0.3 is 20.1 Å². The third-order valence-electron chi connectivity index (χ3n) is 5.15. The lowest BCUT2D eigenvalue weighted by atomic mass is 9.83. The van der Waals surface area contributed by atoms with Crippen molar-refractivity contribution in [3.8, 4) is 0 Å². The van der Waals surface area contributed by atoms with Crippen LogP contribution in [0.25, 0.3) is 0 Å². The lowest BCUT2D eigenvalue weighted by molar-refractivity contribution is -0.384. The number of aliphatic hydroxyl groups excluding tert-OH is 1. The van der Waals surface area contributed by atoms with Crippen LogP contribution in [-0.2, 0) is 25.7 Å². The minimum atomic E-state index is -0.824. The number of thioether (sulfide) groups is 1. The Morgan fingerprint density at radius 1 is 1.39 bits per heavy atom. The molecule has 10 nitrogen and oxygen atoms in total. The summed E-state index contributed by atoms with van der Waals surface area (Å²) in [6.07, 6.45) is -0.386.